The number of pyridine rings is 1. The molecule has 7 nitrogen and oxygen atoms in total. The van der Waals surface area contributed by atoms with Gasteiger partial charge in [0.05, 0.1) is 17.3 Å². The van der Waals surface area contributed by atoms with E-state index >= 15 is 0 Å². The van der Waals surface area contributed by atoms with E-state index in [4.69, 9.17) is 4.42 Å². The maximum atomic E-state index is 12.1. The first kappa shape index (κ1) is 19.8. The number of hydrogen-bond acceptors (Lipinski definition) is 5. The average molecular weight is 383 g/mol. The Labute approximate surface area is 163 Å². The van der Waals surface area contributed by atoms with Crippen molar-refractivity contribution in [3.63, 3.8) is 0 Å². The average Bonchev–Trinajstić information content (AvgIpc) is 2.72. The van der Waals surface area contributed by atoms with E-state index in [1.807, 2.05) is 18.2 Å². The topological polar surface area (TPSA) is 101 Å². The highest BCUT2D eigenvalue weighted by molar-refractivity contribution is 5.93. The van der Waals surface area contributed by atoms with Crippen LogP contribution in [0.3, 0.4) is 0 Å². The summed E-state index contributed by atoms with van der Waals surface area (Å²) < 4.78 is 4.73. The molecule has 2 heterocycles. The molecule has 0 bridgehead atoms. The van der Waals surface area contributed by atoms with Gasteiger partial charge in [0.25, 0.3) is 5.91 Å². The summed E-state index contributed by atoms with van der Waals surface area (Å²) in [6, 6.07) is 8.37. The Balaban J connectivity index is 1.52. The van der Waals surface area contributed by atoms with Gasteiger partial charge in [0, 0.05) is 25.7 Å². The van der Waals surface area contributed by atoms with Crippen molar-refractivity contribution >= 4 is 11.8 Å². The van der Waals surface area contributed by atoms with Crippen LogP contribution in [0.25, 0.3) is 0 Å². The SMILES string of the molecule is CC(=O)NC(c1ccccn1)C1CCC(CNC(=O)c2ccc(=O)oc2)CC1. The second-order valence-corrected chi connectivity index (χ2v) is 7.27. The van der Waals surface area contributed by atoms with Crippen molar-refractivity contribution in [2.45, 2.75) is 38.6 Å². The van der Waals surface area contributed by atoms with Gasteiger partial charge in [-0.3, -0.25) is 14.6 Å². The molecule has 1 aliphatic rings. The molecule has 2 N–H and O–H groups in total. The van der Waals surface area contributed by atoms with Crippen LogP contribution in [-0.2, 0) is 4.79 Å². The van der Waals surface area contributed by atoms with E-state index in [1.54, 1.807) is 6.20 Å². The fourth-order valence-corrected chi connectivity index (χ4v) is 3.76. The Morgan fingerprint density at radius 2 is 1.96 bits per heavy atom. The zero-order valence-electron chi connectivity index (χ0n) is 15.9. The van der Waals surface area contributed by atoms with Gasteiger partial charge in [-0.2, -0.15) is 0 Å². The smallest absolute Gasteiger partial charge is 0.335 e. The molecule has 1 saturated carbocycles. The van der Waals surface area contributed by atoms with E-state index in [1.165, 1.54) is 25.3 Å². The lowest BCUT2D eigenvalue weighted by molar-refractivity contribution is -0.120. The number of nitrogens with zero attached hydrogens (tertiary/aromatic N) is 1. The van der Waals surface area contributed by atoms with Crippen LogP contribution in [0.4, 0.5) is 0 Å². The van der Waals surface area contributed by atoms with Gasteiger partial charge in [0.2, 0.25) is 5.91 Å². The predicted molar refractivity (Wildman–Crippen MR) is 104 cm³/mol. The second-order valence-electron chi connectivity index (χ2n) is 7.27. The molecular formula is C21H25N3O4. The maximum absolute atomic E-state index is 12.1. The van der Waals surface area contributed by atoms with Gasteiger partial charge in [-0.05, 0) is 55.7 Å². The van der Waals surface area contributed by atoms with Crippen LogP contribution in [0, 0.1) is 11.8 Å². The van der Waals surface area contributed by atoms with Crippen molar-refractivity contribution in [3.8, 4) is 0 Å². The van der Waals surface area contributed by atoms with Gasteiger partial charge in [-0.25, -0.2) is 4.79 Å². The zero-order chi connectivity index (χ0) is 19.9. The van der Waals surface area contributed by atoms with Gasteiger partial charge in [0.1, 0.15) is 6.26 Å². The largest absolute Gasteiger partial charge is 0.430 e. The number of amides is 2. The van der Waals surface area contributed by atoms with Gasteiger partial charge in [-0.15, -0.1) is 0 Å². The summed E-state index contributed by atoms with van der Waals surface area (Å²) >= 11 is 0. The molecule has 28 heavy (non-hydrogen) atoms. The standard InChI is InChI=1S/C21H25N3O4/c1-14(25)24-20(18-4-2-3-11-22-18)16-7-5-15(6-8-16)12-23-21(27)17-9-10-19(26)28-13-17/h2-4,9-11,13,15-16,20H,5-8,12H2,1H3,(H,23,27)(H,24,25). The maximum Gasteiger partial charge on any atom is 0.335 e. The van der Waals surface area contributed by atoms with Crippen LogP contribution in [0.5, 0.6) is 0 Å². The predicted octanol–water partition coefficient (Wildman–Crippen LogP) is 2.45. The van der Waals surface area contributed by atoms with E-state index in [-0.39, 0.29) is 17.9 Å². The third-order valence-electron chi connectivity index (χ3n) is 5.24. The molecule has 148 valence electrons. The van der Waals surface area contributed by atoms with Gasteiger partial charge in [-0.1, -0.05) is 6.07 Å². The third-order valence-corrected chi connectivity index (χ3v) is 5.24. The molecular weight excluding hydrogens is 358 g/mol. The molecule has 2 aromatic heterocycles. The molecule has 3 rings (SSSR count). The van der Waals surface area contributed by atoms with E-state index in [0.29, 0.717) is 23.9 Å². The van der Waals surface area contributed by atoms with E-state index in [9.17, 15) is 14.4 Å². The minimum absolute atomic E-state index is 0.0560. The molecule has 0 aromatic carbocycles. The molecule has 1 aliphatic carbocycles. The summed E-state index contributed by atoms with van der Waals surface area (Å²) in [6.07, 6.45) is 6.79. The number of rotatable bonds is 6. The summed E-state index contributed by atoms with van der Waals surface area (Å²) in [7, 11) is 0. The van der Waals surface area contributed by atoms with Crippen molar-refractivity contribution in [2.24, 2.45) is 11.8 Å². The fourth-order valence-electron chi connectivity index (χ4n) is 3.76. The van der Waals surface area contributed by atoms with Crippen molar-refractivity contribution in [1.82, 2.24) is 15.6 Å². The molecule has 1 atom stereocenters. The molecule has 0 saturated heterocycles. The first-order valence-corrected chi connectivity index (χ1v) is 9.58. The fraction of sp³-hybridized carbons (Fsp3) is 0.429. The van der Waals surface area contributed by atoms with Crippen molar-refractivity contribution < 1.29 is 14.0 Å². The quantitative estimate of drug-likeness (QED) is 0.798. The zero-order valence-corrected chi connectivity index (χ0v) is 15.9. The van der Waals surface area contributed by atoms with E-state index in [2.05, 4.69) is 15.6 Å². The lowest BCUT2D eigenvalue weighted by Crippen LogP contribution is -2.36. The van der Waals surface area contributed by atoms with Crippen molar-refractivity contribution in [2.75, 3.05) is 6.54 Å². The number of aromatic nitrogens is 1. The molecule has 1 fully saturated rings. The van der Waals surface area contributed by atoms with Crippen LogP contribution in [0.2, 0.25) is 0 Å². The summed E-state index contributed by atoms with van der Waals surface area (Å²) in [5.41, 5.74) is 0.755. The van der Waals surface area contributed by atoms with Gasteiger partial charge >= 0.3 is 5.63 Å². The molecule has 2 amide bonds. The molecule has 2 aromatic rings. The second kappa shape index (κ2) is 9.30. The monoisotopic (exact) mass is 383 g/mol. The van der Waals surface area contributed by atoms with Crippen LogP contribution < -0.4 is 16.3 Å². The van der Waals surface area contributed by atoms with Crippen molar-refractivity contribution in [3.05, 3.63) is 64.5 Å². The highest BCUT2D eigenvalue weighted by Crippen LogP contribution is 2.36. The van der Waals surface area contributed by atoms with Crippen LogP contribution in [0.1, 0.15) is 54.7 Å². The Morgan fingerprint density at radius 3 is 2.57 bits per heavy atom. The minimum atomic E-state index is -0.475. The first-order valence-electron chi connectivity index (χ1n) is 9.58. The van der Waals surface area contributed by atoms with E-state index < -0.39 is 5.63 Å². The van der Waals surface area contributed by atoms with Gasteiger partial charge < -0.3 is 15.1 Å². The minimum Gasteiger partial charge on any atom is -0.430 e. The van der Waals surface area contributed by atoms with Crippen LogP contribution >= 0.6 is 0 Å². The lowest BCUT2D eigenvalue weighted by Gasteiger charge is -2.34. The Hall–Kier alpha value is -2.96. The normalized spacial score (nSPS) is 20.2. The third kappa shape index (κ3) is 5.28. The Bertz CT molecular complexity index is 837. The highest BCUT2D eigenvalue weighted by Gasteiger charge is 2.30. The van der Waals surface area contributed by atoms with E-state index in [0.717, 1.165) is 31.4 Å². The molecule has 1 unspecified atom stereocenters. The summed E-state index contributed by atoms with van der Waals surface area (Å²) in [4.78, 5) is 39.2. The highest BCUT2D eigenvalue weighted by atomic mass is 16.4. The first-order chi connectivity index (χ1) is 13.5. The summed E-state index contributed by atoms with van der Waals surface area (Å²) in [5, 5.41) is 5.96. The van der Waals surface area contributed by atoms with Gasteiger partial charge in [0.15, 0.2) is 0 Å². The molecule has 0 aliphatic heterocycles. The number of hydrogen-bond donors (Lipinski definition) is 2. The van der Waals surface area contributed by atoms with Crippen molar-refractivity contribution in [1.29, 1.82) is 0 Å². The molecule has 7 heteroatoms. The number of carbonyl (C=O) groups excluding carboxylic acids is 2. The summed E-state index contributed by atoms with van der Waals surface area (Å²) in [6.45, 7) is 2.11. The molecule has 0 spiro atoms. The Morgan fingerprint density at radius 1 is 1.18 bits per heavy atom. The number of carbonyl (C=O) groups is 2. The summed E-state index contributed by atoms with van der Waals surface area (Å²) in [5.74, 6) is 0.418. The lowest BCUT2D eigenvalue weighted by atomic mass is 9.77. The van der Waals surface area contributed by atoms with Crippen LogP contribution in [-0.4, -0.2) is 23.3 Å². The Kier molecular flexibility index (Phi) is 6.57. The van der Waals surface area contributed by atoms with Crippen LogP contribution in [0.15, 0.2) is 52.0 Å². The number of nitrogens with one attached hydrogen (secondary N) is 2. The molecule has 0 radical (unpaired) electrons.